The summed E-state index contributed by atoms with van der Waals surface area (Å²) in [6, 6.07) is 14.9. The normalized spacial score (nSPS) is 19.6. The Hall–Kier alpha value is -2.91. The standard InChI is InChI=1S/C25H31N3O5S/c1-18-15-22-16-21(9-10-23(22)28(18)34(3,31)32)25(30)33-19(2)24(29)27-13-11-26(12-14-27)17-20-7-5-4-6-8-20/h4-10,16,18-19H,11-15,17H2,1-3H3. The van der Waals surface area contributed by atoms with Gasteiger partial charge in [-0.2, -0.15) is 0 Å². The summed E-state index contributed by atoms with van der Waals surface area (Å²) in [5, 5.41) is 0. The molecule has 2 aromatic rings. The Labute approximate surface area is 201 Å². The summed E-state index contributed by atoms with van der Waals surface area (Å²) in [6.07, 6.45) is 0.800. The Morgan fingerprint density at radius 1 is 1.06 bits per heavy atom. The molecule has 1 amide bonds. The van der Waals surface area contributed by atoms with Gasteiger partial charge in [0.1, 0.15) is 0 Å². The van der Waals surface area contributed by atoms with Crippen molar-refractivity contribution in [1.82, 2.24) is 9.80 Å². The minimum absolute atomic E-state index is 0.203. The predicted octanol–water partition coefficient (Wildman–Crippen LogP) is 2.29. The van der Waals surface area contributed by atoms with Crippen LogP contribution < -0.4 is 4.31 Å². The van der Waals surface area contributed by atoms with E-state index in [1.807, 2.05) is 25.1 Å². The zero-order valence-electron chi connectivity index (χ0n) is 19.8. The van der Waals surface area contributed by atoms with Crippen molar-refractivity contribution >= 4 is 27.6 Å². The van der Waals surface area contributed by atoms with E-state index in [2.05, 4.69) is 17.0 Å². The number of sulfonamides is 1. The molecule has 8 nitrogen and oxygen atoms in total. The van der Waals surface area contributed by atoms with Crippen LogP contribution in [0.4, 0.5) is 5.69 Å². The summed E-state index contributed by atoms with van der Waals surface area (Å²) < 4.78 is 31.0. The van der Waals surface area contributed by atoms with Gasteiger partial charge in [0.25, 0.3) is 5.91 Å². The number of piperazine rings is 1. The smallest absolute Gasteiger partial charge is 0.338 e. The van der Waals surface area contributed by atoms with Gasteiger partial charge in [0, 0.05) is 38.8 Å². The molecular weight excluding hydrogens is 454 g/mol. The lowest BCUT2D eigenvalue weighted by Gasteiger charge is -2.35. The Morgan fingerprint density at radius 2 is 1.74 bits per heavy atom. The molecule has 0 saturated carbocycles. The topological polar surface area (TPSA) is 87.2 Å². The number of nitrogens with zero attached hydrogens (tertiary/aromatic N) is 3. The van der Waals surface area contributed by atoms with Crippen LogP contribution in [0.25, 0.3) is 0 Å². The minimum atomic E-state index is -3.40. The summed E-state index contributed by atoms with van der Waals surface area (Å²) in [6.45, 7) is 6.98. The van der Waals surface area contributed by atoms with Crippen LogP contribution in [0, 0.1) is 0 Å². The lowest BCUT2D eigenvalue weighted by Crippen LogP contribution is -2.51. The van der Waals surface area contributed by atoms with E-state index in [9.17, 15) is 18.0 Å². The number of carbonyl (C=O) groups is 2. The van der Waals surface area contributed by atoms with Crippen LogP contribution in [-0.2, 0) is 32.5 Å². The first-order valence-electron chi connectivity index (χ1n) is 11.5. The second kappa shape index (κ2) is 9.76. The average Bonchev–Trinajstić information content (AvgIpc) is 3.15. The highest BCUT2D eigenvalue weighted by molar-refractivity contribution is 7.92. The largest absolute Gasteiger partial charge is 0.449 e. The summed E-state index contributed by atoms with van der Waals surface area (Å²) in [5.41, 5.74) is 2.92. The van der Waals surface area contributed by atoms with E-state index in [4.69, 9.17) is 4.74 Å². The lowest BCUT2D eigenvalue weighted by atomic mass is 10.1. The van der Waals surface area contributed by atoms with Gasteiger partial charge >= 0.3 is 5.97 Å². The third-order valence-electron chi connectivity index (χ3n) is 6.39. The van der Waals surface area contributed by atoms with Crippen LogP contribution in [0.3, 0.4) is 0 Å². The Balaban J connectivity index is 1.33. The molecule has 0 aliphatic carbocycles. The molecule has 34 heavy (non-hydrogen) atoms. The van der Waals surface area contributed by atoms with E-state index < -0.39 is 22.1 Å². The average molecular weight is 486 g/mol. The molecule has 0 aromatic heterocycles. The molecule has 0 bridgehead atoms. The van der Waals surface area contributed by atoms with E-state index in [0.717, 1.165) is 25.2 Å². The van der Waals surface area contributed by atoms with Gasteiger partial charge in [0.15, 0.2) is 6.10 Å². The molecule has 2 aromatic carbocycles. The van der Waals surface area contributed by atoms with E-state index in [1.165, 1.54) is 16.1 Å². The highest BCUT2D eigenvalue weighted by atomic mass is 32.2. The van der Waals surface area contributed by atoms with E-state index in [0.29, 0.717) is 30.8 Å². The zero-order chi connectivity index (χ0) is 24.5. The molecule has 0 spiro atoms. The molecule has 4 rings (SSSR count). The second-order valence-electron chi connectivity index (χ2n) is 9.09. The van der Waals surface area contributed by atoms with Crippen molar-refractivity contribution in [2.75, 3.05) is 36.7 Å². The molecule has 1 saturated heterocycles. The van der Waals surface area contributed by atoms with Gasteiger partial charge < -0.3 is 9.64 Å². The quantitative estimate of drug-likeness (QED) is 0.584. The SMILES string of the molecule is CC(OC(=O)c1ccc2c(c1)CC(C)N2S(C)(=O)=O)C(=O)N1CCN(Cc2ccccc2)CC1. The number of amides is 1. The van der Waals surface area contributed by atoms with Crippen LogP contribution in [0.2, 0.25) is 0 Å². The summed E-state index contributed by atoms with van der Waals surface area (Å²) >= 11 is 0. The number of anilines is 1. The molecule has 9 heteroatoms. The van der Waals surface area contributed by atoms with Crippen molar-refractivity contribution in [1.29, 1.82) is 0 Å². The number of carbonyl (C=O) groups excluding carboxylic acids is 2. The summed E-state index contributed by atoms with van der Waals surface area (Å²) in [7, 11) is -3.40. The number of esters is 1. The number of hydrogen-bond donors (Lipinski definition) is 0. The molecule has 1 fully saturated rings. The fourth-order valence-electron chi connectivity index (χ4n) is 4.74. The number of ether oxygens (including phenoxy) is 1. The minimum Gasteiger partial charge on any atom is -0.449 e. The van der Waals surface area contributed by atoms with Crippen LogP contribution in [0.1, 0.15) is 35.3 Å². The number of rotatable bonds is 6. The first kappa shape index (κ1) is 24.2. The molecule has 2 heterocycles. The van der Waals surface area contributed by atoms with Crippen LogP contribution in [-0.4, -0.2) is 74.7 Å². The molecule has 2 aliphatic heterocycles. The van der Waals surface area contributed by atoms with Gasteiger partial charge in [-0.25, -0.2) is 13.2 Å². The predicted molar refractivity (Wildman–Crippen MR) is 130 cm³/mol. The molecule has 2 unspecified atom stereocenters. The molecule has 182 valence electrons. The monoisotopic (exact) mass is 485 g/mol. The van der Waals surface area contributed by atoms with Crippen LogP contribution >= 0.6 is 0 Å². The van der Waals surface area contributed by atoms with E-state index in [1.54, 1.807) is 30.0 Å². The maximum Gasteiger partial charge on any atom is 0.338 e. The maximum absolute atomic E-state index is 12.9. The third-order valence-corrected chi connectivity index (χ3v) is 7.66. The summed E-state index contributed by atoms with van der Waals surface area (Å²) in [5.74, 6) is -0.789. The Bertz CT molecular complexity index is 1160. The fraction of sp³-hybridized carbons (Fsp3) is 0.440. The van der Waals surface area contributed by atoms with Gasteiger partial charge in [-0.1, -0.05) is 30.3 Å². The van der Waals surface area contributed by atoms with E-state index >= 15 is 0 Å². The first-order chi connectivity index (χ1) is 16.1. The number of benzene rings is 2. The Kier molecular flexibility index (Phi) is 6.95. The lowest BCUT2D eigenvalue weighted by molar-refractivity contribution is -0.141. The van der Waals surface area contributed by atoms with Crippen molar-refractivity contribution in [3.8, 4) is 0 Å². The third kappa shape index (κ3) is 5.26. The van der Waals surface area contributed by atoms with Crippen molar-refractivity contribution in [2.24, 2.45) is 0 Å². The van der Waals surface area contributed by atoms with Crippen molar-refractivity contribution in [3.05, 3.63) is 65.2 Å². The van der Waals surface area contributed by atoms with Crippen molar-refractivity contribution in [3.63, 3.8) is 0 Å². The second-order valence-corrected chi connectivity index (χ2v) is 10.9. The van der Waals surface area contributed by atoms with Crippen LogP contribution in [0.5, 0.6) is 0 Å². The summed E-state index contributed by atoms with van der Waals surface area (Å²) in [4.78, 5) is 29.6. The van der Waals surface area contributed by atoms with Crippen LogP contribution in [0.15, 0.2) is 48.5 Å². The number of fused-ring (bicyclic) bond motifs is 1. The fourth-order valence-corrected chi connectivity index (χ4v) is 6.00. The molecule has 0 radical (unpaired) electrons. The first-order valence-corrected chi connectivity index (χ1v) is 13.4. The molecule has 0 N–H and O–H groups in total. The molecule has 2 atom stereocenters. The van der Waals surface area contributed by atoms with Crippen molar-refractivity contribution in [2.45, 2.75) is 39.0 Å². The van der Waals surface area contributed by atoms with Gasteiger partial charge in [0.2, 0.25) is 10.0 Å². The van der Waals surface area contributed by atoms with Gasteiger partial charge in [0.05, 0.1) is 17.5 Å². The van der Waals surface area contributed by atoms with Gasteiger partial charge in [-0.3, -0.25) is 14.0 Å². The molecular formula is C25H31N3O5S. The van der Waals surface area contributed by atoms with E-state index in [-0.39, 0.29) is 11.9 Å². The highest BCUT2D eigenvalue weighted by Gasteiger charge is 2.33. The van der Waals surface area contributed by atoms with Crippen molar-refractivity contribution < 1.29 is 22.7 Å². The van der Waals surface area contributed by atoms with Gasteiger partial charge in [-0.15, -0.1) is 0 Å². The highest BCUT2D eigenvalue weighted by Crippen LogP contribution is 2.34. The Morgan fingerprint density at radius 3 is 2.38 bits per heavy atom. The number of hydrogen-bond acceptors (Lipinski definition) is 6. The van der Waals surface area contributed by atoms with Gasteiger partial charge in [-0.05, 0) is 49.6 Å². The molecule has 2 aliphatic rings. The maximum atomic E-state index is 12.9. The zero-order valence-corrected chi connectivity index (χ0v) is 20.6.